The van der Waals surface area contributed by atoms with Gasteiger partial charge < -0.3 is 15.5 Å². The molecule has 1 heterocycles. The Kier molecular flexibility index (Phi) is 4.11. The van der Waals surface area contributed by atoms with Gasteiger partial charge in [0.2, 0.25) is 11.7 Å². The molecule has 0 aliphatic rings. The summed E-state index contributed by atoms with van der Waals surface area (Å²) in [6, 6.07) is 16.5. The number of fused-ring (bicyclic) bond motifs is 1. The monoisotopic (exact) mass is 322 g/mol. The first-order valence-electron chi connectivity index (χ1n) is 7.23. The molecular formula is C18H14N2O4. The Morgan fingerprint density at radius 2 is 1.67 bits per heavy atom. The van der Waals surface area contributed by atoms with Crippen molar-refractivity contribution in [2.45, 2.75) is 6.10 Å². The summed E-state index contributed by atoms with van der Waals surface area (Å²) in [6.45, 7) is 0. The lowest BCUT2D eigenvalue weighted by Gasteiger charge is -2.15. The Hall–Kier alpha value is -3.41. The third-order valence-corrected chi connectivity index (χ3v) is 3.56. The standard InChI is InChI=1S/C18H14N2O4/c19-17(22)16(11-6-2-1-3-7-11)24-18(23)13-10-15(21)20-14-9-5-4-8-12(13)14/h1-10,16H,(H2,19,22)(H,20,21). The van der Waals surface area contributed by atoms with Gasteiger partial charge in [-0.25, -0.2) is 4.79 Å². The highest BCUT2D eigenvalue weighted by Crippen LogP contribution is 2.21. The number of carbonyl (C=O) groups excluding carboxylic acids is 2. The third kappa shape index (κ3) is 3.03. The molecule has 1 atom stereocenters. The van der Waals surface area contributed by atoms with Gasteiger partial charge in [-0.1, -0.05) is 48.5 Å². The second-order valence-electron chi connectivity index (χ2n) is 5.19. The van der Waals surface area contributed by atoms with Crippen molar-refractivity contribution in [2.24, 2.45) is 5.73 Å². The molecule has 2 aromatic carbocycles. The van der Waals surface area contributed by atoms with Crippen molar-refractivity contribution < 1.29 is 14.3 Å². The van der Waals surface area contributed by atoms with Crippen LogP contribution in [0.1, 0.15) is 22.0 Å². The Morgan fingerprint density at radius 3 is 2.38 bits per heavy atom. The number of benzene rings is 2. The normalized spacial score (nSPS) is 11.8. The number of aromatic amines is 1. The molecule has 0 aliphatic heterocycles. The number of para-hydroxylation sites is 1. The number of primary amides is 1. The van der Waals surface area contributed by atoms with E-state index in [1.54, 1.807) is 54.6 Å². The fourth-order valence-electron chi connectivity index (χ4n) is 2.46. The van der Waals surface area contributed by atoms with E-state index in [-0.39, 0.29) is 5.56 Å². The van der Waals surface area contributed by atoms with Gasteiger partial charge in [-0.3, -0.25) is 9.59 Å². The minimum atomic E-state index is -1.23. The summed E-state index contributed by atoms with van der Waals surface area (Å²) in [6.07, 6.45) is -1.23. The second kappa shape index (κ2) is 6.37. The van der Waals surface area contributed by atoms with Crippen LogP contribution < -0.4 is 11.3 Å². The number of rotatable bonds is 4. The summed E-state index contributed by atoms with van der Waals surface area (Å²) in [5, 5.41) is 0.526. The van der Waals surface area contributed by atoms with Crippen molar-refractivity contribution in [1.82, 2.24) is 4.98 Å². The van der Waals surface area contributed by atoms with Crippen LogP contribution in [-0.4, -0.2) is 16.9 Å². The SMILES string of the molecule is NC(=O)C(OC(=O)c1cc(=O)[nH]c2ccccc12)c1ccccc1. The van der Waals surface area contributed by atoms with Gasteiger partial charge in [0.25, 0.3) is 5.91 Å². The van der Waals surface area contributed by atoms with Crippen LogP contribution in [-0.2, 0) is 9.53 Å². The molecule has 0 saturated carbocycles. The van der Waals surface area contributed by atoms with Gasteiger partial charge in [0.15, 0.2) is 0 Å². The van der Waals surface area contributed by atoms with Crippen LogP contribution in [0.25, 0.3) is 10.9 Å². The summed E-state index contributed by atoms with van der Waals surface area (Å²) in [5.41, 5.74) is 5.97. The summed E-state index contributed by atoms with van der Waals surface area (Å²) >= 11 is 0. The summed E-state index contributed by atoms with van der Waals surface area (Å²) in [4.78, 5) is 38.6. The summed E-state index contributed by atoms with van der Waals surface area (Å²) in [7, 11) is 0. The van der Waals surface area contributed by atoms with Gasteiger partial charge in [0.1, 0.15) is 0 Å². The molecule has 0 bridgehead atoms. The smallest absolute Gasteiger partial charge is 0.340 e. The maximum atomic E-state index is 12.5. The van der Waals surface area contributed by atoms with Crippen LogP contribution in [0.15, 0.2) is 65.5 Å². The number of hydrogen-bond donors (Lipinski definition) is 2. The van der Waals surface area contributed by atoms with E-state index in [9.17, 15) is 14.4 Å². The zero-order valence-corrected chi connectivity index (χ0v) is 12.6. The number of nitrogens with two attached hydrogens (primary N) is 1. The van der Waals surface area contributed by atoms with Gasteiger partial charge in [-0.05, 0) is 6.07 Å². The number of hydrogen-bond acceptors (Lipinski definition) is 4. The number of nitrogens with one attached hydrogen (secondary N) is 1. The first kappa shape index (κ1) is 15.5. The average Bonchev–Trinajstić information content (AvgIpc) is 2.59. The van der Waals surface area contributed by atoms with E-state index in [1.807, 2.05) is 0 Å². The minimum absolute atomic E-state index is 0.0801. The van der Waals surface area contributed by atoms with Gasteiger partial charge in [0.05, 0.1) is 5.56 Å². The lowest BCUT2D eigenvalue weighted by Crippen LogP contribution is -2.26. The Morgan fingerprint density at radius 1 is 1.00 bits per heavy atom. The van der Waals surface area contributed by atoms with Crippen LogP contribution in [0.4, 0.5) is 0 Å². The molecule has 6 heteroatoms. The van der Waals surface area contributed by atoms with E-state index in [0.29, 0.717) is 16.5 Å². The van der Waals surface area contributed by atoms with E-state index in [0.717, 1.165) is 6.07 Å². The Balaban J connectivity index is 2.00. The molecule has 0 fully saturated rings. The van der Waals surface area contributed by atoms with E-state index in [4.69, 9.17) is 10.5 Å². The Labute approximate surface area is 136 Å². The fourth-order valence-corrected chi connectivity index (χ4v) is 2.46. The van der Waals surface area contributed by atoms with Crippen molar-refractivity contribution >= 4 is 22.8 Å². The molecule has 0 radical (unpaired) electrons. The highest BCUT2D eigenvalue weighted by molar-refractivity contribution is 6.04. The molecule has 6 nitrogen and oxygen atoms in total. The highest BCUT2D eigenvalue weighted by atomic mass is 16.5. The number of amides is 1. The van der Waals surface area contributed by atoms with Crippen LogP contribution in [0.2, 0.25) is 0 Å². The predicted octanol–water partition coefficient (Wildman–Crippen LogP) is 1.91. The minimum Gasteiger partial charge on any atom is -0.444 e. The quantitative estimate of drug-likeness (QED) is 0.716. The zero-order chi connectivity index (χ0) is 17.1. The number of ether oxygens (including phenoxy) is 1. The van der Waals surface area contributed by atoms with Crippen molar-refractivity contribution in [3.05, 3.63) is 82.1 Å². The van der Waals surface area contributed by atoms with E-state index in [1.165, 1.54) is 0 Å². The maximum absolute atomic E-state index is 12.5. The number of esters is 1. The maximum Gasteiger partial charge on any atom is 0.340 e. The molecular weight excluding hydrogens is 308 g/mol. The van der Waals surface area contributed by atoms with Crippen LogP contribution in [0.5, 0.6) is 0 Å². The zero-order valence-electron chi connectivity index (χ0n) is 12.6. The average molecular weight is 322 g/mol. The molecule has 3 rings (SSSR count). The topological polar surface area (TPSA) is 102 Å². The molecule has 3 aromatic rings. The molecule has 1 amide bonds. The van der Waals surface area contributed by atoms with E-state index >= 15 is 0 Å². The lowest BCUT2D eigenvalue weighted by molar-refractivity contribution is -0.127. The second-order valence-corrected chi connectivity index (χ2v) is 5.19. The number of carbonyl (C=O) groups is 2. The Bertz CT molecular complexity index is 963. The molecule has 0 spiro atoms. The number of H-pyrrole nitrogens is 1. The van der Waals surface area contributed by atoms with Crippen LogP contribution in [0, 0.1) is 0 Å². The van der Waals surface area contributed by atoms with E-state index in [2.05, 4.69) is 4.98 Å². The number of aromatic nitrogens is 1. The summed E-state index contributed by atoms with van der Waals surface area (Å²) < 4.78 is 5.28. The molecule has 1 aromatic heterocycles. The highest BCUT2D eigenvalue weighted by Gasteiger charge is 2.24. The lowest BCUT2D eigenvalue weighted by atomic mass is 10.1. The summed E-state index contributed by atoms with van der Waals surface area (Å²) in [5.74, 6) is -1.58. The van der Waals surface area contributed by atoms with E-state index < -0.39 is 23.5 Å². The van der Waals surface area contributed by atoms with Gasteiger partial charge in [-0.15, -0.1) is 0 Å². The van der Waals surface area contributed by atoms with Crippen LogP contribution in [0.3, 0.4) is 0 Å². The molecule has 0 saturated heterocycles. The van der Waals surface area contributed by atoms with Crippen molar-refractivity contribution in [1.29, 1.82) is 0 Å². The molecule has 3 N–H and O–H groups in total. The molecule has 0 aliphatic carbocycles. The number of pyridine rings is 1. The van der Waals surface area contributed by atoms with Crippen LogP contribution >= 0.6 is 0 Å². The first-order valence-corrected chi connectivity index (χ1v) is 7.23. The molecule has 24 heavy (non-hydrogen) atoms. The van der Waals surface area contributed by atoms with Gasteiger partial charge in [-0.2, -0.15) is 0 Å². The van der Waals surface area contributed by atoms with Gasteiger partial charge in [0, 0.05) is 22.5 Å². The van der Waals surface area contributed by atoms with Crippen molar-refractivity contribution in [2.75, 3.05) is 0 Å². The molecule has 120 valence electrons. The van der Waals surface area contributed by atoms with Crippen molar-refractivity contribution in [3.8, 4) is 0 Å². The molecule has 1 unspecified atom stereocenters. The van der Waals surface area contributed by atoms with Crippen molar-refractivity contribution in [3.63, 3.8) is 0 Å². The largest absolute Gasteiger partial charge is 0.444 e. The first-order chi connectivity index (χ1) is 11.6. The third-order valence-electron chi connectivity index (χ3n) is 3.56. The van der Waals surface area contributed by atoms with Gasteiger partial charge >= 0.3 is 5.97 Å². The fraction of sp³-hybridized carbons (Fsp3) is 0.0556. The predicted molar refractivity (Wildman–Crippen MR) is 88.4 cm³/mol.